The average Bonchev–Trinajstić information content (AvgIpc) is 3.00. The lowest BCUT2D eigenvalue weighted by Gasteiger charge is -2.37. The van der Waals surface area contributed by atoms with Crippen LogP contribution in [0.4, 0.5) is 0 Å². The maximum absolute atomic E-state index is 12.8. The third-order valence-corrected chi connectivity index (χ3v) is 8.16. The first kappa shape index (κ1) is 36.6. The topological polar surface area (TPSA) is 126 Å². The summed E-state index contributed by atoms with van der Waals surface area (Å²) in [4.78, 5) is 63.9. The zero-order chi connectivity index (χ0) is 34.2. The Labute approximate surface area is 278 Å². The molecule has 0 N–H and O–H groups in total. The van der Waals surface area contributed by atoms with Gasteiger partial charge in [0.1, 0.15) is 23.1 Å². The molecule has 2 aromatic carbocycles. The number of fused-ring (bicyclic) bond motifs is 1. The van der Waals surface area contributed by atoms with Crippen LogP contribution in [0.5, 0.6) is 11.5 Å². The number of hydrogen-bond donors (Lipinski definition) is 0. The van der Waals surface area contributed by atoms with Crippen molar-refractivity contribution >= 4 is 52.6 Å². The van der Waals surface area contributed by atoms with Gasteiger partial charge in [0.15, 0.2) is 30.9 Å². The van der Waals surface area contributed by atoms with E-state index in [-0.39, 0.29) is 52.0 Å². The highest BCUT2D eigenvalue weighted by molar-refractivity contribution is 6.45. The van der Waals surface area contributed by atoms with Crippen molar-refractivity contribution in [2.24, 2.45) is 0 Å². The molecular weight excluding hydrogens is 637 g/mol. The zero-order valence-corrected chi connectivity index (χ0v) is 28.2. The van der Waals surface area contributed by atoms with E-state index in [0.717, 1.165) is 5.56 Å². The highest BCUT2D eigenvalue weighted by Crippen LogP contribution is 2.36. The second-order valence-electron chi connectivity index (χ2n) is 11.8. The second kappa shape index (κ2) is 16.1. The van der Waals surface area contributed by atoms with Gasteiger partial charge in [-0.15, -0.1) is 0 Å². The van der Waals surface area contributed by atoms with Crippen molar-refractivity contribution in [3.63, 3.8) is 0 Å². The molecule has 0 radical (unpaired) electrons. The summed E-state index contributed by atoms with van der Waals surface area (Å²) in [5.41, 5.74) is 1.34. The van der Waals surface area contributed by atoms with Gasteiger partial charge in [0, 0.05) is 35.6 Å². The number of rotatable bonds is 14. The molecule has 248 valence electrons. The molecule has 0 heterocycles. The molecule has 0 saturated carbocycles. The molecule has 0 bridgehead atoms. The van der Waals surface area contributed by atoms with Crippen LogP contribution in [0.2, 0.25) is 10.0 Å². The van der Waals surface area contributed by atoms with Gasteiger partial charge in [-0.05, 0) is 63.8 Å². The van der Waals surface area contributed by atoms with E-state index in [1.54, 1.807) is 30.0 Å². The second-order valence-corrected chi connectivity index (χ2v) is 12.5. The molecule has 0 aliphatic heterocycles. The fourth-order valence-corrected chi connectivity index (χ4v) is 5.33. The summed E-state index contributed by atoms with van der Waals surface area (Å²) in [7, 11) is 0. The summed E-state index contributed by atoms with van der Waals surface area (Å²) in [5, 5.41) is -0.106. The van der Waals surface area contributed by atoms with Gasteiger partial charge in [-0.2, -0.15) is 0 Å². The Morgan fingerprint density at radius 1 is 0.957 bits per heavy atom. The monoisotopic (exact) mass is 675 g/mol. The molecule has 0 aromatic heterocycles. The van der Waals surface area contributed by atoms with Crippen molar-refractivity contribution in [1.82, 2.24) is 4.90 Å². The van der Waals surface area contributed by atoms with Crippen LogP contribution in [0.15, 0.2) is 42.5 Å². The predicted octanol–water partition coefficient (Wildman–Crippen LogP) is 6.22. The zero-order valence-electron chi connectivity index (χ0n) is 26.7. The minimum absolute atomic E-state index is 0.0128. The van der Waals surface area contributed by atoms with Gasteiger partial charge in [0.2, 0.25) is 5.91 Å². The Balaban J connectivity index is 1.63. The number of carbonyl (C=O) groups excluding carboxylic acids is 5. The fourth-order valence-electron chi connectivity index (χ4n) is 4.87. The van der Waals surface area contributed by atoms with E-state index in [2.05, 4.69) is 6.58 Å². The number of hydrogen-bond acceptors (Lipinski definition) is 9. The Bertz CT molecular complexity index is 1510. The molecule has 0 spiro atoms. The van der Waals surface area contributed by atoms with Gasteiger partial charge < -0.3 is 23.8 Å². The molecule has 1 aliphatic rings. The van der Waals surface area contributed by atoms with Crippen molar-refractivity contribution in [3.8, 4) is 11.5 Å². The molecule has 12 heteroatoms. The van der Waals surface area contributed by atoms with Gasteiger partial charge in [-0.1, -0.05) is 48.8 Å². The SMILES string of the molecule is C=C(CC)C(=O)c1ccc(OCC(=O)OCC(=O)OC(COc2cccc3c2CCCC3=O)CN(C(C)=O)C(C)(C)C)c(Cl)c1Cl. The molecule has 1 unspecified atom stereocenters. The Hall–Kier alpha value is -3.89. The average molecular weight is 677 g/mol. The first-order valence-electron chi connectivity index (χ1n) is 14.9. The van der Waals surface area contributed by atoms with Crippen LogP contribution in [0.25, 0.3) is 0 Å². The van der Waals surface area contributed by atoms with Gasteiger partial charge in [-0.25, -0.2) is 9.59 Å². The number of ketones is 2. The normalized spacial score (nSPS) is 13.2. The Kier molecular flexibility index (Phi) is 12.8. The fraction of sp³-hybridized carbons (Fsp3) is 0.441. The molecule has 1 aliphatic carbocycles. The van der Waals surface area contributed by atoms with Crippen molar-refractivity contribution in [2.45, 2.75) is 71.9 Å². The van der Waals surface area contributed by atoms with Crippen molar-refractivity contribution in [1.29, 1.82) is 0 Å². The number of halogens is 2. The largest absolute Gasteiger partial charge is 0.489 e. The van der Waals surface area contributed by atoms with Crippen molar-refractivity contribution in [3.05, 3.63) is 69.2 Å². The maximum atomic E-state index is 12.8. The highest BCUT2D eigenvalue weighted by atomic mass is 35.5. The minimum atomic E-state index is -0.924. The minimum Gasteiger partial charge on any atom is -0.489 e. The summed E-state index contributed by atoms with van der Waals surface area (Å²) >= 11 is 12.5. The standard InChI is InChI=1S/C34H39Cl2NO9/c1-7-20(2)33(42)25-14-15-28(32(36)31(25)35)44-18-29(40)45-19-30(41)46-22(16-37(21(3)38)34(4,5)6)17-43-27-13-9-10-23-24(27)11-8-12-26(23)39/h9-10,13-15,22H,2,7-8,11-12,16-19H2,1,3-6H3. The third-order valence-electron chi connectivity index (χ3n) is 7.30. The van der Waals surface area contributed by atoms with Gasteiger partial charge in [0.05, 0.1) is 11.6 Å². The molecule has 1 atom stereocenters. The van der Waals surface area contributed by atoms with Gasteiger partial charge >= 0.3 is 11.9 Å². The summed E-state index contributed by atoms with van der Waals surface area (Å²) in [6.45, 7) is 11.0. The molecule has 10 nitrogen and oxygen atoms in total. The van der Waals surface area contributed by atoms with Crippen LogP contribution in [0, 0.1) is 0 Å². The summed E-state index contributed by atoms with van der Waals surface area (Å²) < 4.78 is 22.1. The number of Topliss-reactive ketones (excluding diaryl/α,β-unsaturated/α-hetero) is 2. The van der Waals surface area contributed by atoms with Crippen molar-refractivity contribution < 1.29 is 42.9 Å². The molecule has 0 saturated heterocycles. The lowest BCUT2D eigenvalue weighted by atomic mass is 9.90. The van der Waals surface area contributed by atoms with E-state index < -0.39 is 36.8 Å². The van der Waals surface area contributed by atoms with E-state index in [4.69, 9.17) is 42.1 Å². The number of amides is 1. The maximum Gasteiger partial charge on any atom is 0.344 e. The molecule has 2 aromatic rings. The smallest absolute Gasteiger partial charge is 0.344 e. The molecule has 46 heavy (non-hydrogen) atoms. The molecular formula is C34H39Cl2NO9. The van der Waals surface area contributed by atoms with Gasteiger partial charge in [-0.3, -0.25) is 14.4 Å². The van der Waals surface area contributed by atoms with E-state index in [1.807, 2.05) is 20.8 Å². The lowest BCUT2D eigenvalue weighted by Crippen LogP contribution is -2.50. The summed E-state index contributed by atoms with van der Waals surface area (Å²) in [6, 6.07) is 8.06. The van der Waals surface area contributed by atoms with E-state index in [9.17, 15) is 24.0 Å². The Morgan fingerprint density at radius 3 is 2.33 bits per heavy atom. The van der Waals surface area contributed by atoms with Crippen LogP contribution in [0.3, 0.4) is 0 Å². The van der Waals surface area contributed by atoms with Crippen LogP contribution < -0.4 is 9.47 Å². The first-order valence-corrected chi connectivity index (χ1v) is 15.6. The van der Waals surface area contributed by atoms with E-state index in [1.165, 1.54) is 19.1 Å². The summed E-state index contributed by atoms with van der Waals surface area (Å²) in [5.74, 6) is -1.75. The number of ether oxygens (including phenoxy) is 4. The predicted molar refractivity (Wildman–Crippen MR) is 173 cm³/mol. The van der Waals surface area contributed by atoms with Crippen LogP contribution >= 0.6 is 23.2 Å². The number of carbonyl (C=O) groups is 5. The third kappa shape index (κ3) is 9.56. The van der Waals surface area contributed by atoms with Crippen LogP contribution in [-0.2, 0) is 30.3 Å². The molecule has 3 rings (SSSR count). The number of nitrogens with zero attached hydrogens (tertiary/aromatic N) is 1. The summed E-state index contributed by atoms with van der Waals surface area (Å²) in [6.07, 6.45) is 1.38. The van der Waals surface area contributed by atoms with Gasteiger partial charge in [0.25, 0.3) is 0 Å². The van der Waals surface area contributed by atoms with E-state index >= 15 is 0 Å². The highest BCUT2D eigenvalue weighted by Gasteiger charge is 2.30. The first-order chi connectivity index (χ1) is 21.6. The molecule has 0 fully saturated rings. The lowest BCUT2D eigenvalue weighted by molar-refractivity contribution is -0.166. The molecule has 1 amide bonds. The number of benzene rings is 2. The number of allylic oxidation sites excluding steroid dienone is 1. The quantitative estimate of drug-likeness (QED) is 0.130. The van der Waals surface area contributed by atoms with Crippen molar-refractivity contribution in [2.75, 3.05) is 26.4 Å². The Morgan fingerprint density at radius 2 is 1.67 bits per heavy atom. The van der Waals surface area contributed by atoms with Crippen LogP contribution in [0.1, 0.15) is 80.2 Å². The number of esters is 2. The van der Waals surface area contributed by atoms with Crippen LogP contribution in [-0.4, -0.2) is 72.3 Å². The van der Waals surface area contributed by atoms with E-state index in [0.29, 0.717) is 42.6 Å².